The highest BCUT2D eigenvalue weighted by Crippen LogP contribution is 2.27. The predicted octanol–water partition coefficient (Wildman–Crippen LogP) is 0.441. The maximum absolute atomic E-state index is 12.8. The first kappa shape index (κ1) is 15.9. The van der Waals surface area contributed by atoms with E-state index in [0.717, 1.165) is 17.7 Å². The number of hydrogen-bond donors (Lipinski definition) is 1. The average molecular weight is 319 g/mol. The van der Waals surface area contributed by atoms with Gasteiger partial charge in [-0.1, -0.05) is 6.92 Å². The monoisotopic (exact) mass is 319 g/mol. The van der Waals surface area contributed by atoms with Crippen LogP contribution in [-0.2, 0) is 4.79 Å². The molecule has 1 atom stereocenters. The SMILES string of the molecule is CCC1=CN=C2C(C(=O)N(C)C(=O)N2C)C1=[N+]1CCC(O)CC1. The zero-order valence-corrected chi connectivity index (χ0v) is 13.8. The summed E-state index contributed by atoms with van der Waals surface area (Å²) in [5.74, 6) is -0.263. The van der Waals surface area contributed by atoms with Crippen LogP contribution in [-0.4, -0.2) is 76.3 Å². The molecule has 7 nitrogen and oxygen atoms in total. The zero-order chi connectivity index (χ0) is 16.7. The summed E-state index contributed by atoms with van der Waals surface area (Å²) < 4.78 is 2.18. The number of aliphatic hydroxyl groups is 1. The number of rotatable bonds is 1. The van der Waals surface area contributed by atoms with Crippen LogP contribution < -0.4 is 0 Å². The predicted molar refractivity (Wildman–Crippen MR) is 85.5 cm³/mol. The van der Waals surface area contributed by atoms with Crippen LogP contribution in [0.15, 0.2) is 16.8 Å². The first-order chi connectivity index (χ1) is 11.0. The fourth-order valence-corrected chi connectivity index (χ4v) is 3.48. The quantitative estimate of drug-likeness (QED) is 0.713. The number of carbonyl (C=O) groups excluding carboxylic acids is 2. The first-order valence-electron chi connectivity index (χ1n) is 8.08. The maximum atomic E-state index is 12.8. The third-order valence-corrected chi connectivity index (χ3v) is 4.89. The molecule has 0 spiro atoms. The van der Waals surface area contributed by atoms with Gasteiger partial charge in [-0.25, -0.2) is 14.4 Å². The summed E-state index contributed by atoms with van der Waals surface area (Å²) in [7, 11) is 3.17. The van der Waals surface area contributed by atoms with Gasteiger partial charge in [-0.05, 0) is 6.42 Å². The van der Waals surface area contributed by atoms with Crippen LogP contribution in [0.1, 0.15) is 26.2 Å². The number of amidine groups is 1. The molecule has 3 rings (SSSR count). The summed E-state index contributed by atoms with van der Waals surface area (Å²) in [5.41, 5.74) is 1.97. The van der Waals surface area contributed by atoms with Crippen molar-refractivity contribution in [2.75, 3.05) is 27.2 Å². The van der Waals surface area contributed by atoms with Crippen molar-refractivity contribution in [3.8, 4) is 0 Å². The number of urea groups is 1. The van der Waals surface area contributed by atoms with E-state index in [1.165, 1.54) is 16.8 Å². The standard InChI is InChI=1S/C16H23N4O3/c1-4-10-9-17-14-12(15(22)19(3)16(23)18(14)2)13(10)20-7-5-11(21)6-8-20/h9,11-12,21H,4-8H2,1-3H3/q+1. The highest BCUT2D eigenvalue weighted by Gasteiger charge is 2.49. The van der Waals surface area contributed by atoms with E-state index >= 15 is 0 Å². The normalized spacial score (nSPS) is 28.7. The molecule has 3 amide bonds. The number of piperidine rings is 1. The highest BCUT2D eigenvalue weighted by atomic mass is 16.3. The fraction of sp³-hybridized carbons (Fsp3) is 0.625. The largest absolute Gasteiger partial charge is 0.393 e. The van der Waals surface area contributed by atoms with Crippen molar-refractivity contribution in [2.45, 2.75) is 32.3 Å². The molecule has 0 aromatic rings. The summed E-state index contributed by atoms with van der Waals surface area (Å²) in [6.07, 6.45) is 3.66. The van der Waals surface area contributed by atoms with Gasteiger partial charge in [0, 0.05) is 38.7 Å². The molecule has 0 aromatic heterocycles. The Kier molecular flexibility index (Phi) is 4.06. The van der Waals surface area contributed by atoms with Crippen molar-refractivity contribution >= 4 is 23.5 Å². The summed E-state index contributed by atoms with van der Waals surface area (Å²) in [4.78, 5) is 31.9. The molecule has 0 aromatic carbocycles. The van der Waals surface area contributed by atoms with Crippen molar-refractivity contribution < 1.29 is 19.3 Å². The van der Waals surface area contributed by atoms with Crippen molar-refractivity contribution in [2.24, 2.45) is 10.9 Å². The molecule has 2 fully saturated rings. The zero-order valence-electron chi connectivity index (χ0n) is 13.8. The van der Waals surface area contributed by atoms with Gasteiger partial charge in [0.1, 0.15) is 18.9 Å². The van der Waals surface area contributed by atoms with Gasteiger partial charge in [-0.3, -0.25) is 14.6 Å². The molecule has 0 saturated carbocycles. The fourth-order valence-electron chi connectivity index (χ4n) is 3.48. The highest BCUT2D eigenvalue weighted by molar-refractivity contribution is 6.32. The molecular weight excluding hydrogens is 296 g/mol. The number of carbonyl (C=O) groups is 2. The first-order valence-corrected chi connectivity index (χ1v) is 8.08. The second kappa shape index (κ2) is 5.88. The van der Waals surface area contributed by atoms with Crippen molar-refractivity contribution in [1.82, 2.24) is 9.80 Å². The summed E-state index contributed by atoms with van der Waals surface area (Å²) >= 11 is 0. The van der Waals surface area contributed by atoms with E-state index in [1.54, 1.807) is 13.2 Å². The van der Waals surface area contributed by atoms with Gasteiger partial charge in [0.25, 0.3) is 5.91 Å². The van der Waals surface area contributed by atoms with Gasteiger partial charge in [0.05, 0.1) is 6.10 Å². The van der Waals surface area contributed by atoms with E-state index in [4.69, 9.17) is 0 Å². The summed E-state index contributed by atoms with van der Waals surface area (Å²) in [6, 6.07) is -0.355. The number of imide groups is 1. The minimum Gasteiger partial charge on any atom is -0.393 e. The van der Waals surface area contributed by atoms with Crippen LogP contribution in [0.5, 0.6) is 0 Å². The second-order valence-electron chi connectivity index (χ2n) is 6.27. The number of fused-ring (bicyclic) bond motifs is 1. The molecule has 3 aliphatic rings. The van der Waals surface area contributed by atoms with Crippen LogP contribution in [0.2, 0.25) is 0 Å². The molecule has 3 heterocycles. The summed E-state index contributed by atoms with van der Waals surface area (Å²) in [5, 5.41) is 9.75. The number of hydrogen-bond acceptors (Lipinski definition) is 4. The van der Waals surface area contributed by atoms with Gasteiger partial charge in [0.15, 0.2) is 5.92 Å². The molecule has 0 bridgehead atoms. The lowest BCUT2D eigenvalue weighted by Crippen LogP contribution is -2.61. The number of aliphatic hydroxyl groups excluding tert-OH is 1. The maximum Gasteiger partial charge on any atom is 0.331 e. The van der Waals surface area contributed by atoms with E-state index in [9.17, 15) is 14.7 Å². The number of nitrogens with zero attached hydrogens (tertiary/aromatic N) is 4. The third-order valence-electron chi connectivity index (χ3n) is 4.89. The van der Waals surface area contributed by atoms with Crippen LogP contribution in [0.4, 0.5) is 4.79 Å². The lowest BCUT2D eigenvalue weighted by molar-refractivity contribution is -0.542. The van der Waals surface area contributed by atoms with Crippen molar-refractivity contribution in [3.63, 3.8) is 0 Å². The molecule has 23 heavy (non-hydrogen) atoms. The minimum atomic E-state index is -0.530. The molecular formula is C16H23N4O3+. The van der Waals surface area contributed by atoms with Crippen LogP contribution in [0.25, 0.3) is 0 Å². The Morgan fingerprint density at radius 3 is 2.52 bits per heavy atom. The molecule has 1 N–H and O–H groups in total. The van der Waals surface area contributed by atoms with Gasteiger partial charge in [-0.2, -0.15) is 0 Å². The van der Waals surface area contributed by atoms with Crippen molar-refractivity contribution in [3.05, 3.63) is 11.8 Å². The molecule has 0 radical (unpaired) electrons. The van der Waals surface area contributed by atoms with E-state index in [0.29, 0.717) is 31.8 Å². The molecule has 7 heteroatoms. The lowest BCUT2D eigenvalue weighted by Gasteiger charge is -2.37. The van der Waals surface area contributed by atoms with E-state index in [-0.39, 0.29) is 18.0 Å². The van der Waals surface area contributed by atoms with Crippen LogP contribution in [0.3, 0.4) is 0 Å². The van der Waals surface area contributed by atoms with Crippen LogP contribution in [0, 0.1) is 5.92 Å². The Bertz CT molecular complexity index is 640. The molecule has 0 aliphatic carbocycles. The topological polar surface area (TPSA) is 76.2 Å². The van der Waals surface area contributed by atoms with E-state index in [1.807, 2.05) is 6.92 Å². The van der Waals surface area contributed by atoms with Gasteiger partial charge >= 0.3 is 6.03 Å². The van der Waals surface area contributed by atoms with Crippen LogP contribution >= 0.6 is 0 Å². The number of amides is 3. The van der Waals surface area contributed by atoms with Crippen molar-refractivity contribution in [1.29, 1.82) is 0 Å². The lowest BCUT2D eigenvalue weighted by atomic mass is 9.88. The molecule has 3 aliphatic heterocycles. The Morgan fingerprint density at radius 2 is 1.91 bits per heavy atom. The summed E-state index contributed by atoms with van der Waals surface area (Å²) in [6.45, 7) is 3.47. The van der Waals surface area contributed by atoms with E-state index in [2.05, 4.69) is 9.57 Å². The smallest absolute Gasteiger partial charge is 0.331 e. The minimum absolute atomic E-state index is 0.230. The van der Waals surface area contributed by atoms with E-state index < -0.39 is 5.92 Å². The molecule has 1 unspecified atom stereocenters. The third kappa shape index (κ3) is 2.49. The number of aliphatic imine (C=N–C) groups is 1. The Morgan fingerprint density at radius 1 is 1.26 bits per heavy atom. The second-order valence-corrected chi connectivity index (χ2v) is 6.27. The molecule has 124 valence electrons. The molecule has 2 saturated heterocycles. The van der Waals surface area contributed by atoms with Gasteiger partial charge < -0.3 is 5.11 Å². The Hall–Kier alpha value is -2.02. The average Bonchev–Trinajstić information content (AvgIpc) is 2.57. The number of allylic oxidation sites excluding steroid dienone is 1. The van der Waals surface area contributed by atoms with Gasteiger partial charge in [0.2, 0.25) is 5.71 Å². The van der Waals surface area contributed by atoms with Gasteiger partial charge in [-0.15, -0.1) is 0 Å². The Balaban J connectivity index is 2.09. The Labute approximate surface area is 135 Å².